The molecule has 2 rings (SSSR count). The van der Waals surface area contributed by atoms with Gasteiger partial charge in [-0.25, -0.2) is 4.39 Å². The maximum Gasteiger partial charge on any atom is 0.224 e. The van der Waals surface area contributed by atoms with Gasteiger partial charge in [-0.3, -0.25) is 4.79 Å². The van der Waals surface area contributed by atoms with Crippen molar-refractivity contribution in [1.29, 1.82) is 0 Å². The molecule has 1 amide bonds. The molecule has 0 aromatic heterocycles. The van der Waals surface area contributed by atoms with E-state index in [0.29, 0.717) is 0 Å². The van der Waals surface area contributed by atoms with E-state index in [4.69, 9.17) is 0 Å². The van der Waals surface area contributed by atoms with Gasteiger partial charge in [0.1, 0.15) is 5.82 Å². The molecule has 2 atom stereocenters. The van der Waals surface area contributed by atoms with E-state index in [-0.39, 0.29) is 41.5 Å². The monoisotopic (exact) mass is 328 g/mol. The van der Waals surface area contributed by atoms with Gasteiger partial charge in [0, 0.05) is 6.54 Å². The first kappa shape index (κ1) is 18.9. The minimum atomic E-state index is -0.255. The van der Waals surface area contributed by atoms with Gasteiger partial charge in [-0.15, -0.1) is 12.4 Å². The lowest BCUT2D eigenvalue weighted by Crippen LogP contribution is -2.44. The molecule has 0 saturated carbocycles. The van der Waals surface area contributed by atoms with Crippen LogP contribution in [0.2, 0.25) is 0 Å². The Labute approximate surface area is 138 Å². The van der Waals surface area contributed by atoms with Crippen molar-refractivity contribution in [3.63, 3.8) is 0 Å². The Bertz CT molecular complexity index is 478. The van der Waals surface area contributed by atoms with E-state index in [1.165, 1.54) is 12.1 Å². The minimum absolute atomic E-state index is 0. The molecule has 1 aromatic carbocycles. The van der Waals surface area contributed by atoms with E-state index in [0.717, 1.165) is 31.5 Å². The second-order valence-electron chi connectivity index (χ2n) is 6.90. The largest absolute Gasteiger partial charge is 0.348 e. The lowest BCUT2D eigenvalue weighted by molar-refractivity contribution is -0.127. The summed E-state index contributed by atoms with van der Waals surface area (Å²) < 4.78 is 13.1. The van der Waals surface area contributed by atoms with Gasteiger partial charge in [-0.1, -0.05) is 32.9 Å². The van der Waals surface area contributed by atoms with E-state index < -0.39 is 0 Å². The Morgan fingerprint density at radius 3 is 2.45 bits per heavy atom. The van der Waals surface area contributed by atoms with Crippen molar-refractivity contribution in [2.75, 3.05) is 13.1 Å². The number of hydrogen-bond acceptors (Lipinski definition) is 2. The van der Waals surface area contributed by atoms with Crippen molar-refractivity contribution >= 4 is 18.3 Å². The van der Waals surface area contributed by atoms with E-state index in [2.05, 4.69) is 31.4 Å². The van der Waals surface area contributed by atoms with Crippen LogP contribution in [0.1, 0.15) is 45.2 Å². The van der Waals surface area contributed by atoms with Crippen molar-refractivity contribution < 1.29 is 9.18 Å². The first-order chi connectivity index (χ1) is 9.88. The summed E-state index contributed by atoms with van der Waals surface area (Å²) in [6, 6.07) is 6.28. The molecule has 1 aliphatic heterocycles. The maximum atomic E-state index is 13.1. The standard InChI is InChI=1S/C17H25FN2O.ClH/c1-17(2,3)15(12-6-8-14(18)9-7-12)20-16(21)13-5-4-10-19-11-13;/h6-9,13,15,19H,4-5,10-11H2,1-3H3,(H,20,21);1H. The average molecular weight is 329 g/mol. The van der Waals surface area contributed by atoms with Crippen molar-refractivity contribution in [1.82, 2.24) is 10.6 Å². The van der Waals surface area contributed by atoms with Gasteiger partial charge in [0.05, 0.1) is 12.0 Å². The highest BCUT2D eigenvalue weighted by molar-refractivity contribution is 5.85. The molecular weight excluding hydrogens is 303 g/mol. The molecule has 0 spiro atoms. The van der Waals surface area contributed by atoms with Crippen molar-refractivity contribution in [3.8, 4) is 0 Å². The Balaban J connectivity index is 0.00000242. The second-order valence-corrected chi connectivity index (χ2v) is 6.90. The van der Waals surface area contributed by atoms with Crippen LogP contribution in [-0.2, 0) is 4.79 Å². The first-order valence-corrected chi connectivity index (χ1v) is 7.64. The molecule has 0 aliphatic carbocycles. The van der Waals surface area contributed by atoms with Crippen molar-refractivity contribution in [2.24, 2.45) is 11.3 Å². The highest BCUT2D eigenvalue weighted by Crippen LogP contribution is 2.33. The molecule has 1 fully saturated rings. The number of amides is 1. The molecule has 0 bridgehead atoms. The molecule has 22 heavy (non-hydrogen) atoms. The van der Waals surface area contributed by atoms with E-state index in [1.807, 2.05) is 0 Å². The number of nitrogens with one attached hydrogen (secondary N) is 2. The summed E-state index contributed by atoms with van der Waals surface area (Å²) in [4.78, 5) is 12.5. The summed E-state index contributed by atoms with van der Waals surface area (Å²) in [6.45, 7) is 7.98. The van der Waals surface area contributed by atoms with Crippen LogP contribution in [0.25, 0.3) is 0 Å². The quantitative estimate of drug-likeness (QED) is 0.892. The summed E-state index contributed by atoms with van der Waals surface area (Å²) in [5, 5.41) is 6.43. The van der Waals surface area contributed by atoms with Crippen LogP contribution in [0.3, 0.4) is 0 Å². The SMILES string of the molecule is CC(C)(C)C(NC(=O)C1CCCNC1)c1ccc(F)cc1.Cl. The van der Waals surface area contributed by atoms with Crippen LogP contribution in [0.15, 0.2) is 24.3 Å². The Hall–Kier alpha value is -1.13. The second kappa shape index (κ2) is 7.93. The molecule has 3 nitrogen and oxygen atoms in total. The summed E-state index contributed by atoms with van der Waals surface area (Å²) in [6.07, 6.45) is 1.97. The fourth-order valence-corrected chi connectivity index (χ4v) is 2.79. The summed E-state index contributed by atoms with van der Waals surface area (Å²) in [5.74, 6) is -0.135. The van der Waals surface area contributed by atoms with Crippen LogP contribution in [0.4, 0.5) is 4.39 Å². The first-order valence-electron chi connectivity index (χ1n) is 7.64. The average Bonchev–Trinajstić information content (AvgIpc) is 2.45. The third kappa shape index (κ3) is 4.96. The number of rotatable bonds is 3. The molecule has 1 heterocycles. The predicted molar refractivity (Wildman–Crippen MR) is 89.6 cm³/mol. The summed E-state index contributed by atoms with van der Waals surface area (Å²) in [5.41, 5.74) is 0.816. The Morgan fingerprint density at radius 1 is 1.32 bits per heavy atom. The number of piperidine rings is 1. The fraction of sp³-hybridized carbons (Fsp3) is 0.588. The predicted octanol–water partition coefficient (Wildman–Crippen LogP) is 3.45. The van der Waals surface area contributed by atoms with Crippen LogP contribution in [0, 0.1) is 17.2 Å². The van der Waals surface area contributed by atoms with Gasteiger partial charge in [-0.2, -0.15) is 0 Å². The number of halogens is 2. The van der Waals surface area contributed by atoms with Crippen LogP contribution in [-0.4, -0.2) is 19.0 Å². The lowest BCUT2D eigenvalue weighted by atomic mass is 9.82. The smallest absolute Gasteiger partial charge is 0.224 e. The third-order valence-corrected chi connectivity index (χ3v) is 4.02. The Morgan fingerprint density at radius 2 is 1.95 bits per heavy atom. The van der Waals surface area contributed by atoms with Gasteiger partial charge < -0.3 is 10.6 Å². The molecular formula is C17H26ClFN2O. The number of carbonyl (C=O) groups excluding carboxylic acids is 1. The molecule has 1 aliphatic rings. The summed E-state index contributed by atoms with van der Waals surface area (Å²) in [7, 11) is 0. The van der Waals surface area contributed by atoms with Gasteiger partial charge in [0.15, 0.2) is 0 Å². The third-order valence-electron chi connectivity index (χ3n) is 4.02. The maximum absolute atomic E-state index is 13.1. The van der Waals surface area contributed by atoms with Crippen LogP contribution >= 0.6 is 12.4 Å². The normalized spacial score (nSPS) is 19.9. The molecule has 5 heteroatoms. The van der Waals surface area contributed by atoms with Crippen LogP contribution < -0.4 is 10.6 Å². The van der Waals surface area contributed by atoms with Crippen LogP contribution in [0.5, 0.6) is 0 Å². The van der Waals surface area contributed by atoms with E-state index >= 15 is 0 Å². The van der Waals surface area contributed by atoms with E-state index in [1.54, 1.807) is 12.1 Å². The van der Waals surface area contributed by atoms with Gasteiger partial charge >= 0.3 is 0 Å². The molecule has 2 N–H and O–H groups in total. The lowest BCUT2D eigenvalue weighted by Gasteiger charge is -2.34. The van der Waals surface area contributed by atoms with E-state index in [9.17, 15) is 9.18 Å². The van der Waals surface area contributed by atoms with Crippen molar-refractivity contribution in [3.05, 3.63) is 35.6 Å². The summed E-state index contributed by atoms with van der Waals surface area (Å²) >= 11 is 0. The zero-order chi connectivity index (χ0) is 15.5. The van der Waals surface area contributed by atoms with Crippen molar-refractivity contribution in [2.45, 2.75) is 39.7 Å². The molecule has 2 unspecified atom stereocenters. The molecule has 1 aromatic rings. The minimum Gasteiger partial charge on any atom is -0.348 e. The zero-order valence-corrected chi connectivity index (χ0v) is 14.3. The molecule has 1 saturated heterocycles. The van der Waals surface area contributed by atoms with Gasteiger partial charge in [0.25, 0.3) is 0 Å². The fourth-order valence-electron chi connectivity index (χ4n) is 2.79. The highest BCUT2D eigenvalue weighted by Gasteiger charge is 2.30. The van der Waals surface area contributed by atoms with Gasteiger partial charge in [-0.05, 0) is 42.5 Å². The Kier molecular flexibility index (Phi) is 6.82. The topological polar surface area (TPSA) is 41.1 Å². The zero-order valence-electron chi connectivity index (χ0n) is 13.5. The number of benzene rings is 1. The van der Waals surface area contributed by atoms with Gasteiger partial charge in [0.2, 0.25) is 5.91 Å². The highest BCUT2D eigenvalue weighted by atomic mass is 35.5. The number of hydrogen-bond donors (Lipinski definition) is 2. The number of carbonyl (C=O) groups is 1. The molecule has 124 valence electrons. The molecule has 0 radical (unpaired) electrons.